The van der Waals surface area contributed by atoms with Gasteiger partial charge < -0.3 is 20.5 Å². The van der Waals surface area contributed by atoms with Crippen LogP contribution in [0.4, 0.5) is 11.4 Å². The fourth-order valence-electron chi connectivity index (χ4n) is 2.73. The predicted molar refractivity (Wildman–Crippen MR) is 114 cm³/mol. The van der Waals surface area contributed by atoms with Gasteiger partial charge in [-0.2, -0.15) is 0 Å². The van der Waals surface area contributed by atoms with E-state index in [1.807, 2.05) is 54.6 Å². The third-order valence-electron chi connectivity index (χ3n) is 4.12. The minimum absolute atomic E-state index is 0.162. The van der Waals surface area contributed by atoms with Gasteiger partial charge in [0.1, 0.15) is 16.7 Å². The van der Waals surface area contributed by atoms with E-state index >= 15 is 0 Å². The molecule has 1 unspecified atom stereocenters. The summed E-state index contributed by atoms with van der Waals surface area (Å²) in [7, 11) is 3.14. The zero-order valence-electron chi connectivity index (χ0n) is 15.7. The Hall–Kier alpha value is -3.12. The first-order chi connectivity index (χ1) is 13.6. The number of nitrogens with one attached hydrogen (secondary N) is 1. The highest BCUT2D eigenvalue weighted by molar-refractivity contribution is 8.00. The van der Waals surface area contributed by atoms with Crippen LogP contribution < -0.4 is 20.5 Å². The predicted octanol–water partition coefficient (Wildman–Crippen LogP) is 4.76. The van der Waals surface area contributed by atoms with E-state index in [2.05, 4.69) is 5.32 Å². The molecule has 3 rings (SSSR count). The molecular formula is C22H22N2O3S. The monoisotopic (exact) mass is 394 g/mol. The maximum Gasteiger partial charge on any atom is 0.242 e. The normalized spacial score (nSPS) is 11.5. The Kier molecular flexibility index (Phi) is 6.45. The number of rotatable bonds is 7. The summed E-state index contributed by atoms with van der Waals surface area (Å²) >= 11 is 1.44. The highest BCUT2D eigenvalue weighted by Gasteiger charge is 2.23. The molecule has 0 bridgehead atoms. The van der Waals surface area contributed by atoms with E-state index in [0.29, 0.717) is 22.9 Å². The van der Waals surface area contributed by atoms with E-state index in [9.17, 15) is 4.79 Å². The van der Waals surface area contributed by atoms with Gasteiger partial charge in [0.2, 0.25) is 5.91 Å². The number of nitrogen functional groups attached to an aromatic ring is 1. The van der Waals surface area contributed by atoms with Crippen molar-refractivity contribution < 1.29 is 14.3 Å². The van der Waals surface area contributed by atoms with Crippen LogP contribution in [0.25, 0.3) is 0 Å². The number of benzene rings is 3. The molecule has 1 amide bonds. The number of nitrogens with two attached hydrogens (primary N) is 1. The molecule has 5 nitrogen and oxygen atoms in total. The summed E-state index contributed by atoms with van der Waals surface area (Å²) in [6.07, 6.45) is 0. The Morgan fingerprint density at radius 2 is 1.75 bits per heavy atom. The highest BCUT2D eigenvalue weighted by Crippen LogP contribution is 2.38. The number of carbonyl (C=O) groups excluding carboxylic acids is 1. The van der Waals surface area contributed by atoms with Crippen LogP contribution in [0.1, 0.15) is 10.8 Å². The van der Waals surface area contributed by atoms with E-state index in [4.69, 9.17) is 15.2 Å². The Morgan fingerprint density at radius 1 is 0.964 bits per heavy atom. The van der Waals surface area contributed by atoms with Gasteiger partial charge in [-0.15, -0.1) is 11.8 Å². The number of carbonyl (C=O) groups is 1. The van der Waals surface area contributed by atoms with Crippen LogP contribution in [-0.2, 0) is 4.79 Å². The number of hydrogen-bond acceptors (Lipinski definition) is 5. The molecule has 28 heavy (non-hydrogen) atoms. The van der Waals surface area contributed by atoms with Gasteiger partial charge in [-0.3, -0.25) is 4.79 Å². The second kappa shape index (κ2) is 9.19. The SMILES string of the molecule is COc1ccc(OC)c(NC(=O)C(Sc2cccc(N)c2)c2ccccc2)c1. The summed E-state index contributed by atoms with van der Waals surface area (Å²) in [5.41, 5.74) is 8.01. The molecule has 3 aromatic rings. The van der Waals surface area contributed by atoms with Crippen LogP contribution in [0, 0.1) is 0 Å². The molecule has 0 heterocycles. The van der Waals surface area contributed by atoms with E-state index in [-0.39, 0.29) is 5.91 Å². The summed E-state index contributed by atoms with van der Waals surface area (Å²) in [6, 6.07) is 22.4. The molecule has 0 aliphatic heterocycles. The summed E-state index contributed by atoms with van der Waals surface area (Å²) in [5.74, 6) is 1.04. The number of amides is 1. The average Bonchev–Trinajstić information content (AvgIpc) is 2.72. The van der Waals surface area contributed by atoms with E-state index in [0.717, 1.165) is 10.5 Å². The third kappa shape index (κ3) is 4.78. The molecule has 144 valence electrons. The Balaban J connectivity index is 1.91. The molecule has 0 radical (unpaired) electrons. The van der Waals surface area contributed by atoms with Crippen molar-refractivity contribution in [2.75, 3.05) is 25.3 Å². The molecule has 6 heteroatoms. The molecule has 1 atom stereocenters. The molecule has 0 saturated heterocycles. The molecule has 3 aromatic carbocycles. The van der Waals surface area contributed by atoms with Crippen molar-refractivity contribution in [2.45, 2.75) is 10.1 Å². The molecule has 0 saturated carbocycles. The first-order valence-corrected chi connectivity index (χ1v) is 9.58. The third-order valence-corrected chi connectivity index (χ3v) is 5.37. The van der Waals surface area contributed by atoms with Gasteiger partial charge in [-0.05, 0) is 35.9 Å². The van der Waals surface area contributed by atoms with Crippen molar-refractivity contribution in [1.82, 2.24) is 0 Å². The van der Waals surface area contributed by atoms with Crippen LogP contribution >= 0.6 is 11.8 Å². The van der Waals surface area contributed by atoms with Crippen molar-refractivity contribution in [2.24, 2.45) is 0 Å². The first kappa shape index (κ1) is 19.6. The molecular weight excluding hydrogens is 372 g/mol. The summed E-state index contributed by atoms with van der Waals surface area (Å²) in [6.45, 7) is 0. The summed E-state index contributed by atoms with van der Waals surface area (Å²) in [4.78, 5) is 14.1. The molecule has 0 aromatic heterocycles. The minimum atomic E-state index is -0.459. The molecule has 0 aliphatic rings. The maximum absolute atomic E-state index is 13.2. The lowest BCUT2D eigenvalue weighted by molar-refractivity contribution is -0.115. The summed E-state index contributed by atoms with van der Waals surface area (Å²) < 4.78 is 10.6. The van der Waals surface area contributed by atoms with E-state index in [1.165, 1.54) is 11.8 Å². The zero-order valence-corrected chi connectivity index (χ0v) is 16.5. The van der Waals surface area contributed by atoms with Gasteiger partial charge in [0, 0.05) is 16.6 Å². The van der Waals surface area contributed by atoms with Crippen LogP contribution in [0.3, 0.4) is 0 Å². The van der Waals surface area contributed by atoms with Crippen LogP contribution in [0.2, 0.25) is 0 Å². The van der Waals surface area contributed by atoms with Gasteiger partial charge in [0.15, 0.2) is 0 Å². The largest absolute Gasteiger partial charge is 0.497 e. The van der Waals surface area contributed by atoms with Crippen molar-refractivity contribution in [1.29, 1.82) is 0 Å². The lowest BCUT2D eigenvalue weighted by atomic mass is 10.1. The second-order valence-corrected chi connectivity index (χ2v) is 7.22. The number of methoxy groups -OCH3 is 2. The fraction of sp³-hybridized carbons (Fsp3) is 0.136. The Labute approximate surface area is 168 Å². The molecule has 3 N–H and O–H groups in total. The zero-order chi connectivity index (χ0) is 19.9. The fourth-order valence-corrected chi connectivity index (χ4v) is 3.83. The van der Waals surface area contributed by atoms with Gasteiger partial charge in [-0.25, -0.2) is 0 Å². The average molecular weight is 394 g/mol. The van der Waals surface area contributed by atoms with E-state index in [1.54, 1.807) is 32.4 Å². The molecule has 0 spiro atoms. The Bertz CT molecular complexity index is 948. The smallest absolute Gasteiger partial charge is 0.242 e. The van der Waals surface area contributed by atoms with Gasteiger partial charge in [0.05, 0.1) is 19.9 Å². The Morgan fingerprint density at radius 3 is 2.43 bits per heavy atom. The highest BCUT2D eigenvalue weighted by atomic mass is 32.2. The first-order valence-electron chi connectivity index (χ1n) is 8.70. The number of hydrogen-bond donors (Lipinski definition) is 2. The quantitative estimate of drug-likeness (QED) is 0.446. The van der Waals surface area contributed by atoms with E-state index < -0.39 is 5.25 Å². The summed E-state index contributed by atoms with van der Waals surface area (Å²) in [5, 5.41) is 2.51. The second-order valence-electron chi connectivity index (χ2n) is 6.04. The number of ether oxygens (including phenoxy) is 2. The van der Waals surface area contributed by atoms with Crippen molar-refractivity contribution >= 4 is 29.0 Å². The lowest BCUT2D eigenvalue weighted by Gasteiger charge is -2.19. The topological polar surface area (TPSA) is 73.6 Å². The number of thioether (sulfide) groups is 1. The van der Waals surface area contributed by atoms with Crippen molar-refractivity contribution in [3.63, 3.8) is 0 Å². The van der Waals surface area contributed by atoms with Gasteiger partial charge in [0.25, 0.3) is 0 Å². The van der Waals surface area contributed by atoms with Crippen LogP contribution in [0.15, 0.2) is 77.7 Å². The van der Waals surface area contributed by atoms with Crippen molar-refractivity contribution in [3.05, 3.63) is 78.4 Å². The number of anilines is 2. The van der Waals surface area contributed by atoms with Gasteiger partial charge >= 0.3 is 0 Å². The maximum atomic E-state index is 13.2. The van der Waals surface area contributed by atoms with Crippen LogP contribution in [0.5, 0.6) is 11.5 Å². The molecule has 0 fully saturated rings. The standard InChI is InChI=1S/C22H22N2O3S/c1-26-17-11-12-20(27-2)19(14-17)24-22(25)21(15-7-4-3-5-8-15)28-18-10-6-9-16(23)13-18/h3-14,21H,23H2,1-2H3,(H,24,25). The van der Waals surface area contributed by atoms with Crippen molar-refractivity contribution in [3.8, 4) is 11.5 Å². The van der Waals surface area contributed by atoms with Gasteiger partial charge in [-0.1, -0.05) is 36.4 Å². The lowest BCUT2D eigenvalue weighted by Crippen LogP contribution is -2.19. The molecule has 0 aliphatic carbocycles. The van der Waals surface area contributed by atoms with Crippen LogP contribution in [-0.4, -0.2) is 20.1 Å². The minimum Gasteiger partial charge on any atom is -0.497 e.